The Labute approximate surface area is 105 Å². The summed E-state index contributed by atoms with van der Waals surface area (Å²) in [7, 11) is 0. The van der Waals surface area contributed by atoms with E-state index >= 15 is 0 Å². The Morgan fingerprint density at radius 3 is 2.33 bits per heavy atom. The van der Waals surface area contributed by atoms with E-state index in [0.717, 1.165) is 37.0 Å². The number of aliphatic hydroxyl groups is 1. The highest BCUT2D eigenvalue weighted by Crippen LogP contribution is 2.38. The average molecular weight is 258 g/mol. The van der Waals surface area contributed by atoms with Crippen molar-refractivity contribution >= 4 is 0 Å². The molecule has 18 heavy (non-hydrogen) atoms. The Bertz CT molecular complexity index is 410. The first-order chi connectivity index (χ1) is 8.31. The van der Waals surface area contributed by atoms with Gasteiger partial charge >= 0.3 is 6.18 Å². The molecule has 2 atom stereocenters. The van der Waals surface area contributed by atoms with Gasteiger partial charge in [-0.05, 0) is 36.5 Å². The van der Waals surface area contributed by atoms with E-state index in [-0.39, 0.29) is 5.92 Å². The molecule has 1 aromatic carbocycles. The van der Waals surface area contributed by atoms with Crippen molar-refractivity contribution in [3.05, 3.63) is 35.4 Å². The van der Waals surface area contributed by atoms with Crippen molar-refractivity contribution in [2.24, 2.45) is 5.92 Å². The number of hydrogen-bond acceptors (Lipinski definition) is 1. The second-order valence-corrected chi connectivity index (χ2v) is 5.27. The molecule has 0 amide bonds. The van der Waals surface area contributed by atoms with Gasteiger partial charge < -0.3 is 5.11 Å². The molecule has 0 heterocycles. The summed E-state index contributed by atoms with van der Waals surface area (Å²) in [5.74, 6) is 0.208. The molecule has 0 bridgehead atoms. The molecule has 1 fully saturated rings. The van der Waals surface area contributed by atoms with Crippen molar-refractivity contribution in [1.82, 2.24) is 0 Å². The lowest BCUT2D eigenvalue weighted by molar-refractivity contribution is -0.137. The number of benzene rings is 1. The Hall–Kier alpha value is -1.03. The molecule has 1 aliphatic rings. The summed E-state index contributed by atoms with van der Waals surface area (Å²) >= 11 is 0. The molecule has 2 rings (SSSR count). The lowest BCUT2D eigenvalue weighted by Gasteiger charge is -2.27. The van der Waals surface area contributed by atoms with Gasteiger partial charge in [-0.2, -0.15) is 13.2 Å². The molecule has 0 saturated heterocycles. The van der Waals surface area contributed by atoms with E-state index in [2.05, 4.69) is 0 Å². The van der Waals surface area contributed by atoms with E-state index in [9.17, 15) is 18.3 Å². The van der Waals surface area contributed by atoms with Crippen LogP contribution in [-0.2, 0) is 12.6 Å². The van der Waals surface area contributed by atoms with E-state index < -0.39 is 17.3 Å². The van der Waals surface area contributed by atoms with Gasteiger partial charge in [-0.25, -0.2) is 0 Å². The van der Waals surface area contributed by atoms with Crippen molar-refractivity contribution < 1.29 is 18.3 Å². The maximum atomic E-state index is 12.4. The Morgan fingerprint density at radius 2 is 1.89 bits per heavy atom. The Morgan fingerprint density at radius 1 is 1.28 bits per heavy atom. The average Bonchev–Trinajstić information content (AvgIpc) is 2.58. The lowest BCUT2D eigenvalue weighted by atomic mass is 9.86. The largest absolute Gasteiger partial charge is 0.416 e. The van der Waals surface area contributed by atoms with E-state index in [1.54, 1.807) is 0 Å². The summed E-state index contributed by atoms with van der Waals surface area (Å²) < 4.78 is 37.2. The summed E-state index contributed by atoms with van der Waals surface area (Å²) in [6.07, 6.45) is -1.16. The summed E-state index contributed by atoms with van der Waals surface area (Å²) in [5, 5.41) is 10.4. The van der Waals surface area contributed by atoms with Gasteiger partial charge in [0.1, 0.15) is 0 Å². The van der Waals surface area contributed by atoms with Crippen LogP contribution in [0.2, 0.25) is 0 Å². The number of hydrogen-bond donors (Lipinski definition) is 1. The lowest BCUT2D eigenvalue weighted by Crippen LogP contribution is -2.34. The number of halogens is 3. The van der Waals surface area contributed by atoms with Gasteiger partial charge in [0.2, 0.25) is 0 Å². The third-order valence-electron chi connectivity index (χ3n) is 3.96. The van der Waals surface area contributed by atoms with E-state index in [4.69, 9.17) is 0 Å². The predicted octanol–water partition coefficient (Wildman–Crippen LogP) is 3.80. The maximum Gasteiger partial charge on any atom is 0.416 e. The highest BCUT2D eigenvalue weighted by atomic mass is 19.4. The van der Waals surface area contributed by atoms with Crippen LogP contribution in [0.15, 0.2) is 24.3 Å². The smallest absolute Gasteiger partial charge is 0.389 e. The minimum absolute atomic E-state index is 0.208. The number of alkyl halides is 3. The minimum Gasteiger partial charge on any atom is -0.389 e. The van der Waals surface area contributed by atoms with Gasteiger partial charge in [-0.1, -0.05) is 25.5 Å². The molecule has 0 aliphatic heterocycles. The molecule has 100 valence electrons. The SMILES string of the molecule is CC1CCCC1(O)Cc1ccc(C(F)(F)F)cc1. The van der Waals surface area contributed by atoms with Crippen LogP contribution in [-0.4, -0.2) is 10.7 Å². The van der Waals surface area contributed by atoms with Gasteiger partial charge in [0.25, 0.3) is 0 Å². The second-order valence-electron chi connectivity index (χ2n) is 5.27. The first kappa shape index (κ1) is 13.4. The van der Waals surface area contributed by atoms with Gasteiger partial charge in [0.05, 0.1) is 11.2 Å². The molecule has 1 nitrogen and oxygen atoms in total. The molecule has 0 radical (unpaired) electrons. The fourth-order valence-corrected chi connectivity index (χ4v) is 2.66. The van der Waals surface area contributed by atoms with E-state index in [0.29, 0.717) is 6.42 Å². The summed E-state index contributed by atoms with van der Waals surface area (Å²) in [5.41, 5.74) is -0.628. The second kappa shape index (κ2) is 4.57. The van der Waals surface area contributed by atoms with Crippen molar-refractivity contribution in [1.29, 1.82) is 0 Å². The zero-order chi connectivity index (χ0) is 13.4. The molecule has 2 unspecified atom stereocenters. The van der Waals surface area contributed by atoms with Crippen LogP contribution in [0.5, 0.6) is 0 Å². The van der Waals surface area contributed by atoms with Crippen LogP contribution in [0, 0.1) is 5.92 Å². The molecule has 1 aliphatic carbocycles. The van der Waals surface area contributed by atoms with Crippen LogP contribution >= 0.6 is 0 Å². The van der Waals surface area contributed by atoms with E-state index in [1.165, 1.54) is 12.1 Å². The molecule has 1 N–H and O–H groups in total. The van der Waals surface area contributed by atoms with Crippen molar-refractivity contribution in [2.75, 3.05) is 0 Å². The summed E-state index contributed by atoms with van der Waals surface area (Å²) in [4.78, 5) is 0. The molecule has 1 saturated carbocycles. The molecular formula is C14H17F3O. The van der Waals surface area contributed by atoms with Crippen LogP contribution in [0.3, 0.4) is 0 Å². The van der Waals surface area contributed by atoms with Crippen LogP contribution in [0.25, 0.3) is 0 Å². The van der Waals surface area contributed by atoms with Crippen molar-refractivity contribution in [2.45, 2.75) is 44.4 Å². The standard InChI is InChI=1S/C14H17F3O/c1-10-3-2-8-13(10,18)9-11-4-6-12(7-5-11)14(15,16)17/h4-7,10,18H,2-3,8-9H2,1H3. The summed E-state index contributed by atoms with van der Waals surface area (Å²) in [6, 6.07) is 5.09. The first-order valence-electron chi connectivity index (χ1n) is 6.20. The van der Waals surface area contributed by atoms with Crippen LogP contribution < -0.4 is 0 Å². The van der Waals surface area contributed by atoms with Gasteiger partial charge in [-0.15, -0.1) is 0 Å². The van der Waals surface area contributed by atoms with Crippen LogP contribution in [0.4, 0.5) is 13.2 Å². The van der Waals surface area contributed by atoms with Crippen molar-refractivity contribution in [3.8, 4) is 0 Å². The zero-order valence-corrected chi connectivity index (χ0v) is 10.3. The van der Waals surface area contributed by atoms with E-state index in [1.807, 2.05) is 6.92 Å². The fourth-order valence-electron chi connectivity index (χ4n) is 2.66. The topological polar surface area (TPSA) is 20.2 Å². The molecule has 0 aromatic heterocycles. The normalized spacial score (nSPS) is 28.6. The van der Waals surface area contributed by atoms with Gasteiger partial charge in [0, 0.05) is 6.42 Å². The zero-order valence-electron chi connectivity index (χ0n) is 10.3. The molecule has 0 spiro atoms. The number of rotatable bonds is 2. The Balaban J connectivity index is 2.11. The van der Waals surface area contributed by atoms with Gasteiger partial charge in [-0.3, -0.25) is 0 Å². The third kappa shape index (κ3) is 2.69. The highest BCUT2D eigenvalue weighted by Gasteiger charge is 2.38. The predicted molar refractivity (Wildman–Crippen MR) is 63.1 cm³/mol. The van der Waals surface area contributed by atoms with Crippen LogP contribution in [0.1, 0.15) is 37.3 Å². The summed E-state index contributed by atoms with van der Waals surface area (Å²) in [6.45, 7) is 2.00. The van der Waals surface area contributed by atoms with Crippen molar-refractivity contribution in [3.63, 3.8) is 0 Å². The minimum atomic E-state index is -4.30. The first-order valence-corrected chi connectivity index (χ1v) is 6.20. The molecule has 1 aromatic rings. The Kier molecular flexibility index (Phi) is 3.41. The third-order valence-corrected chi connectivity index (χ3v) is 3.96. The molecular weight excluding hydrogens is 241 g/mol. The molecule has 4 heteroatoms. The fraction of sp³-hybridized carbons (Fsp3) is 0.571. The van der Waals surface area contributed by atoms with Gasteiger partial charge in [0.15, 0.2) is 0 Å². The highest BCUT2D eigenvalue weighted by molar-refractivity contribution is 5.26. The maximum absolute atomic E-state index is 12.4. The monoisotopic (exact) mass is 258 g/mol. The quantitative estimate of drug-likeness (QED) is 0.855.